The first-order valence-electron chi connectivity index (χ1n) is 5.83. The molecule has 0 aromatic heterocycles. The quantitative estimate of drug-likeness (QED) is 0.577. The molecule has 0 fully saturated rings. The van der Waals surface area contributed by atoms with Crippen LogP contribution < -0.4 is 5.32 Å². The first kappa shape index (κ1) is 14.1. The molecule has 0 aliphatic rings. The van der Waals surface area contributed by atoms with Crippen molar-refractivity contribution in [1.29, 1.82) is 0 Å². The van der Waals surface area contributed by atoms with Crippen molar-refractivity contribution in [2.24, 2.45) is 0 Å². The van der Waals surface area contributed by atoms with Crippen LogP contribution in [0.4, 0.5) is 0 Å². The van der Waals surface area contributed by atoms with Crippen LogP contribution in [0.25, 0.3) is 0 Å². The van der Waals surface area contributed by atoms with Crippen molar-refractivity contribution in [2.45, 2.75) is 20.4 Å². The van der Waals surface area contributed by atoms with Crippen molar-refractivity contribution in [3.63, 3.8) is 0 Å². The maximum absolute atomic E-state index is 9.67. The number of thioether (sulfide) groups is 1. The maximum atomic E-state index is 9.67. The molecule has 0 bridgehead atoms. The number of aromatic hydroxyl groups is 1. The van der Waals surface area contributed by atoms with Crippen LogP contribution in [0.3, 0.4) is 0 Å². The number of rotatable bonds is 7. The SMILES string of the molecule is C=CCSCCNCc1cc(C)c(O)c(C)c1. The van der Waals surface area contributed by atoms with Gasteiger partial charge >= 0.3 is 0 Å². The smallest absolute Gasteiger partial charge is 0.121 e. The van der Waals surface area contributed by atoms with Gasteiger partial charge in [0.15, 0.2) is 0 Å². The summed E-state index contributed by atoms with van der Waals surface area (Å²) in [6.07, 6.45) is 1.93. The lowest BCUT2D eigenvalue weighted by Gasteiger charge is -2.09. The van der Waals surface area contributed by atoms with E-state index in [1.807, 2.05) is 43.8 Å². The van der Waals surface area contributed by atoms with Gasteiger partial charge in [-0.3, -0.25) is 0 Å². The lowest BCUT2D eigenvalue weighted by atomic mass is 10.1. The molecular weight excluding hydrogens is 230 g/mol. The van der Waals surface area contributed by atoms with Crippen molar-refractivity contribution >= 4 is 11.8 Å². The Balaban J connectivity index is 2.34. The summed E-state index contributed by atoms with van der Waals surface area (Å²) in [6, 6.07) is 4.07. The van der Waals surface area contributed by atoms with Gasteiger partial charge in [0.05, 0.1) is 0 Å². The van der Waals surface area contributed by atoms with Gasteiger partial charge in [0.1, 0.15) is 5.75 Å². The highest BCUT2D eigenvalue weighted by molar-refractivity contribution is 7.99. The summed E-state index contributed by atoms with van der Waals surface area (Å²) in [6.45, 7) is 9.42. The monoisotopic (exact) mass is 251 g/mol. The molecule has 0 saturated carbocycles. The molecule has 3 heteroatoms. The fourth-order valence-corrected chi connectivity index (χ4v) is 2.31. The molecule has 1 aromatic rings. The second kappa shape index (κ2) is 7.41. The van der Waals surface area contributed by atoms with E-state index in [1.54, 1.807) is 0 Å². The second-order valence-corrected chi connectivity index (χ2v) is 5.27. The van der Waals surface area contributed by atoms with Gasteiger partial charge in [-0.1, -0.05) is 18.2 Å². The summed E-state index contributed by atoms with van der Waals surface area (Å²) in [5, 5.41) is 13.1. The van der Waals surface area contributed by atoms with Gasteiger partial charge in [0.25, 0.3) is 0 Å². The largest absolute Gasteiger partial charge is 0.507 e. The van der Waals surface area contributed by atoms with Gasteiger partial charge in [-0.05, 0) is 30.5 Å². The Morgan fingerprint density at radius 2 is 2.00 bits per heavy atom. The molecule has 94 valence electrons. The van der Waals surface area contributed by atoms with Crippen LogP contribution in [0.2, 0.25) is 0 Å². The van der Waals surface area contributed by atoms with E-state index < -0.39 is 0 Å². The highest BCUT2D eigenvalue weighted by atomic mass is 32.2. The Kier molecular flexibility index (Phi) is 6.16. The molecule has 0 atom stereocenters. The molecule has 1 rings (SSSR count). The molecule has 1 aromatic carbocycles. The Morgan fingerprint density at radius 1 is 1.35 bits per heavy atom. The van der Waals surface area contributed by atoms with E-state index in [9.17, 15) is 5.11 Å². The normalized spacial score (nSPS) is 10.5. The van der Waals surface area contributed by atoms with E-state index in [4.69, 9.17) is 0 Å². The predicted octanol–water partition coefficient (Wildman–Crippen LogP) is 3.02. The van der Waals surface area contributed by atoms with E-state index >= 15 is 0 Å². The number of phenols is 1. The summed E-state index contributed by atoms with van der Waals surface area (Å²) in [5.41, 5.74) is 3.12. The molecule has 0 heterocycles. The fraction of sp³-hybridized carbons (Fsp3) is 0.429. The minimum atomic E-state index is 0.412. The molecule has 2 nitrogen and oxygen atoms in total. The zero-order valence-corrected chi connectivity index (χ0v) is 11.4. The second-order valence-electron chi connectivity index (χ2n) is 4.12. The van der Waals surface area contributed by atoms with Gasteiger partial charge in [-0.15, -0.1) is 6.58 Å². The van der Waals surface area contributed by atoms with Crippen LogP contribution >= 0.6 is 11.8 Å². The average Bonchev–Trinajstić information content (AvgIpc) is 2.30. The Hall–Kier alpha value is -0.930. The van der Waals surface area contributed by atoms with Gasteiger partial charge in [0, 0.05) is 24.6 Å². The predicted molar refractivity (Wildman–Crippen MR) is 76.8 cm³/mol. The van der Waals surface area contributed by atoms with Crippen LogP contribution in [0.15, 0.2) is 24.8 Å². The van der Waals surface area contributed by atoms with Crippen molar-refractivity contribution < 1.29 is 5.11 Å². The lowest BCUT2D eigenvalue weighted by Crippen LogP contribution is -2.16. The van der Waals surface area contributed by atoms with E-state index in [1.165, 1.54) is 5.56 Å². The van der Waals surface area contributed by atoms with E-state index in [0.29, 0.717) is 5.75 Å². The topological polar surface area (TPSA) is 32.3 Å². The Morgan fingerprint density at radius 3 is 2.59 bits per heavy atom. The fourth-order valence-electron chi connectivity index (χ4n) is 1.69. The van der Waals surface area contributed by atoms with Crippen LogP contribution in [0.5, 0.6) is 5.75 Å². The number of hydrogen-bond acceptors (Lipinski definition) is 3. The van der Waals surface area contributed by atoms with Gasteiger partial charge < -0.3 is 10.4 Å². The zero-order valence-electron chi connectivity index (χ0n) is 10.6. The van der Waals surface area contributed by atoms with Crippen LogP contribution in [0, 0.1) is 13.8 Å². The summed E-state index contributed by atoms with van der Waals surface area (Å²) < 4.78 is 0. The third-order valence-electron chi connectivity index (χ3n) is 2.54. The number of nitrogens with one attached hydrogen (secondary N) is 1. The summed E-state index contributed by atoms with van der Waals surface area (Å²) in [7, 11) is 0. The molecule has 0 aliphatic carbocycles. The highest BCUT2D eigenvalue weighted by Gasteiger charge is 2.02. The highest BCUT2D eigenvalue weighted by Crippen LogP contribution is 2.22. The van der Waals surface area contributed by atoms with Crippen LogP contribution in [0.1, 0.15) is 16.7 Å². The van der Waals surface area contributed by atoms with Gasteiger partial charge in [0.2, 0.25) is 0 Å². The molecule has 0 spiro atoms. The first-order valence-corrected chi connectivity index (χ1v) is 6.99. The lowest BCUT2D eigenvalue weighted by molar-refractivity contribution is 0.466. The van der Waals surface area contributed by atoms with Gasteiger partial charge in [-0.2, -0.15) is 11.8 Å². The number of hydrogen-bond donors (Lipinski definition) is 2. The first-order chi connectivity index (χ1) is 8.15. The zero-order chi connectivity index (χ0) is 12.7. The summed E-state index contributed by atoms with van der Waals surface area (Å²) >= 11 is 1.88. The maximum Gasteiger partial charge on any atom is 0.121 e. The molecule has 0 amide bonds. The number of phenolic OH excluding ortho intramolecular Hbond substituents is 1. The van der Waals surface area contributed by atoms with Crippen LogP contribution in [-0.2, 0) is 6.54 Å². The summed E-state index contributed by atoms with van der Waals surface area (Å²) in [5.74, 6) is 2.52. The minimum Gasteiger partial charge on any atom is -0.507 e. The standard InChI is InChI=1S/C14H21NOS/c1-4-6-17-7-5-15-10-13-8-11(2)14(16)12(3)9-13/h4,8-9,15-16H,1,5-7,10H2,2-3H3. The molecule has 0 saturated heterocycles. The van der Waals surface area contributed by atoms with E-state index in [0.717, 1.165) is 35.7 Å². The minimum absolute atomic E-state index is 0.412. The van der Waals surface area contributed by atoms with Crippen molar-refractivity contribution in [1.82, 2.24) is 5.32 Å². The molecular formula is C14H21NOS. The van der Waals surface area contributed by atoms with E-state index in [-0.39, 0.29) is 0 Å². The van der Waals surface area contributed by atoms with Crippen LogP contribution in [-0.4, -0.2) is 23.2 Å². The number of aryl methyl sites for hydroxylation is 2. The Labute approximate surface area is 108 Å². The van der Waals surface area contributed by atoms with Crippen molar-refractivity contribution in [3.05, 3.63) is 41.5 Å². The Bertz CT molecular complexity index is 353. The number of benzene rings is 1. The molecule has 0 aliphatic heterocycles. The third-order valence-corrected chi connectivity index (χ3v) is 3.50. The molecule has 17 heavy (non-hydrogen) atoms. The van der Waals surface area contributed by atoms with Crippen molar-refractivity contribution in [3.8, 4) is 5.75 Å². The summed E-state index contributed by atoms with van der Waals surface area (Å²) in [4.78, 5) is 0. The molecule has 2 N–H and O–H groups in total. The van der Waals surface area contributed by atoms with Gasteiger partial charge in [-0.25, -0.2) is 0 Å². The average molecular weight is 251 g/mol. The van der Waals surface area contributed by atoms with Crippen molar-refractivity contribution in [2.75, 3.05) is 18.1 Å². The molecule has 0 radical (unpaired) electrons. The molecule has 0 unspecified atom stereocenters. The third kappa shape index (κ3) is 4.84. The van der Waals surface area contributed by atoms with E-state index in [2.05, 4.69) is 11.9 Å².